The average Bonchev–Trinajstić information content (AvgIpc) is 2.83. The van der Waals surface area contributed by atoms with Gasteiger partial charge in [0, 0.05) is 35.9 Å². The monoisotopic (exact) mass is 440 g/mol. The summed E-state index contributed by atoms with van der Waals surface area (Å²) in [6.45, 7) is 0. The van der Waals surface area contributed by atoms with E-state index in [1.54, 1.807) is 73.1 Å². The Kier molecular flexibility index (Phi) is 6.87. The number of pyridine rings is 2. The third-order valence-electron chi connectivity index (χ3n) is 4.48. The van der Waals surface area contributed by atoms with E-state index in [0.717, 1.165) is 11.1 Å². The van der Waals surface area contributed by atoms with E-state index in [1.165, 1.54) is 0 Å². The van der Waals surface area contributed by atoms with Gasteiger partial charge in [0.25, 0.3) is 0 Å². The molecular formula is C25H20N4O4. The quantitative estimate of drug-likeness (QED) is 0.422. The lowest BCUT2D eigenvalue weighted by molar-refractivity contribution is 0.212. The van der Waals surface area contributed by atoms with Gasteiger partial charge in [0.2, 0.25) is 11.8 Å². The lowest BCUT2D eigenvalue weighted by atomic mass is 10.0. The highest BCUT2D eigenvalue weighted by atomic mass is 16.6. The van der Waals surface area contributed by atoms with Crippen LogP contribution in [0.2, 0.25) is 0 Å². The zero-order chi connectivity index (χ0) is 22.9. The molecule has 0 atom stereocenters. The average molecular weight is 440 g/mol. The summed E-state index contributed by atoms with van der Waals surface area (Å²) in [7, 11) is 0. The molecule has 2 aromatic carbocycles. The van der Waals surface area contributed by atoms with Gasteiger partial charge in [-0.2, -0.15) is 0 Å². The van der Waals surface area contributed by atoms with E-state index in [2.05, 4.69) is 20.6 Å². The maximum atomic E-state index is 12.0. The van der Waals surface area contributed by atoms with Crippen LogP contribution in [-0.2, 0) is 6.42 Å². The van der Waals surface area contributed by atoms with Crippen LogP contribution >= 0.6 is 0 Å². The second kappa shape index (κ2) is 10.5. The molecule has 8 heteroatoms. The van der Waals surface area contributed by atoms with Crippen molar-refractivity contribution in [1.29, 1.82) is 0 Å². The molecule has 0 aliphatic carbocycles. The first kappa shape index (κ1) is 21.5. The van der Waals surface area contributed by atoms with Crippen molar-refractivity contribution < 1.29 is 19.1 Å². The molecule has 8 nitrogen and oxygen atoms in total. The summed E-state index contributed by atoms with van der Waals surface area (Å²) in [5, 5.41) is 5.33. The van der Waals surface area contributed by atoms with Gasteiger partial charge in [0.1, 0.15) is 0 Å². The number of ether oxygens (including phenoxy) is 2. The van der Waals surface area contributed by atoms with Crippen LogP contribution in [0.3, 0.4) is 0 Å². The molecule has 164 valence electrons. The molecule has 0 unspecified atom stereocenters. The summed E-state index contributed by atoms with van der Waals surface area (Å²) < 4.78 is 10.2. The van der Waals surface area contributed by atoms with Gasteiger partial charge in [-0.25, -0.2) is 19.6 Å². The van der Waals surface area contributed by atoms with Crippen molar-refractivity contribution in [2.45, 2.75) is 6.42 Å². The van der Waals surface area contributed by atoms with Crippen LogP contribution in [0.15, 0.2) is 97.3 Å². The fraction of sp³-hybridized carbons (Fsp3) is 0.0400. The van der Waals surface area contributed by atoms with E-state index < -0.39 is 12.2 Å². The van der Waals surface area contributed by atoms with E-state index in [0.29, 0.717) is 17.8 Å². The van der Waals surface area contributed by atoms with Crippen molar-refractivity contribution in [1.82, 2.24) is 9.97 Å². The normalized spacial score (nSPS) is 10.2. The second-order valence-electron chi connectivity index (χ2n) is 6.94. The SMILES string of the molecule is O=C(Nc1ccc(Cc2ccc(NC(=O)Oc3ccccn3)cc2)cc1)Oc1ccccn1. The third kappa shape index (κ3) is 6.63. The van der Waals surface area contributed by atoms with Crippen molar-refractivity contribution in [2.24, 2.45) is 0 Å². The summed E-state index contributed by atoms with van der Waals surface area (Å²) in [4.78, 5) is 31.8. The fourth-order valence-electron chi connectivity index (χ4n) is 2.94. The minimum absolute atomic E-state index is 0.231. The summed E-state index contributed by atoms with van der Waals surface area (Å²) in [6, 6.07) is 25.1. The molecule has 0 spiro atoms. The van der Waals surface area contributed by atoms with Crippen LogP contribution in [0, 0.1) is 0 Å². The summed E-state index contributed by atoms with van der Waals surface area (Å²) in [5.41, 5.74) is 3.36. The van der Waals surface area contributed by atoms with E-state index >= 15 is 0 Å². The van der Waals surface area contributed by atoms with Gasteiger partial charge in [0.05, 0.1) is 0 Å². The van der Waals surface area contributed by atoms with Crippen molar-refractivity contribution in [3.05, 3.63) is 108 Å². The number of hydrogen-bond donors (Lipinski definition) is 2. The van der Waals surface area contributed by atoms with Gasteiger partial charge in [0.15, 0.2) is 0 Å². The van der Waals surface area contributed by atoms with E-state index in [-0.39, 0.29) is 11.8 Å². The lowest BCUT2D eigenvalue weighted by Crippen LogP contribution is -2.17. The van der Waals surface area contributed by atoms with E-state index in [1.807, 2.05) is 24.3 Å². The molecule has 0 saturated heterocycles. The smallest absolute Gasteiger partial charge is 0.391 e. The Balaban J connectivity index is 1.27. The Bertz CT molecular complexity index is 1100. The highest BCUT2D eigenvalue weighted by Gasteiger charge is 2.07. The Labute approximate surface area is 190 Å². The Morgan fingerprint density at radius 3 is 1.39 bits per heavy atom. The molecular weight excluding hydrogens is 420 g/mol. The first-order valence-corrected chi connectivity index (χ1v) is 10.1. The zero-order valence-electron chi connectivity index (χ0n) is 17.5. The van der Waals surface area contributed by atoms with Crippen LogP contribution in [0.5, 0.6) is 11.8 Å². The number of carbonyl (C=O) groups is 2. The molecule has 2 aromatic heterocycles. The molecule has 2 amide bonds. The van der Waals surface area contributed by atoms with Gasteiger partial charge in [-0.05, 0) is 53.9 Å². The first-order valence-electron chi connectivity index (χ1n) is 10.1. The Morgan fingerprint density at radius 2 is 1.03 bits per heavy atom. The van der Waals surface area contributed by atoms with Gasteiger partial charge in [-0.3, -0.25) is 10.6 Å². The number of hydrogen-bond acceptors (Lipinski definition) is 6. The predicted octanol–water partition coefficient (Wildman–Crippen LogP) is 5.29. The lowest BCUT2D eigenvalue weighted by Gasteiger charge is -2.08. The number of benzene rings is 2. The van der Waals surface area contributed by atoms with Crippen LogP contribution in [-0.4, -0.2) is 22.2 Å². The van der Waals surface area contributed by atoms with E-state index in [9.17, 15) is 9.59 Å². The number of anilines is 2. The summed E-state index contributed by atoms with van der Waals surface area (Å²) in [5.74, 6) is 0.462. The molecule has 4 aromatic rings. The topological polar surface area (TPSA) is 102 Å². The number of amides is 2. The zero-order valence-corrected chi connectivity index (χ0v) is 17.5. The van der Waals surface area contributed by atoms with Crippen LogP contribution < -0.4 is 20.1 Å². The van der Waals surface area contributed by atoms with Crippen molar-refractivity contribution in [3.63, 3.8) is 0 Å². The van der Waals surface area contributed by atoms with Crippen LogP contribution in [0.25, 0.3) is 0 Å². The Hall–Kier alpha value is -4.72. The maximum absolute atomic E-state index is 12.0. The third-order valence-corrected chi connectivity index (χ3v) is 4.48. The van der Waals surface area contributed by atoms with Gasteiger partial charge >= 0.3 is 12.2 Å². The number of carbonyl (C=O) groups excluding carboxylic acids is 2. The fourth-order valence-corrected chi connectivity index (χ4v) is 2.94. The molecule has 2 heterocycles. The molecule has 2 N–H and O–H groups in total. The standard InChI is InChI=1S/C25H20N4O4/c30-24(32-22-5-1-3-15-26-22)28-20-11-7-18(8-12-20)17-19-9-13-21(14-10-19)29-25(31)33-23-6-2-4-16-27-23/h1-16H,17H2,(H,28,30)(H,29,31). The number of rotatable bonds is 6. The minimum Gasteiger partial charge on any atom is -0.391 e. The van der Waals surface area contributed by atoms with Gasteiger partial charge in [-0.15, -0.1) is 0 Å². The number of aromatic nitrogens is 2. The van der Waals surface area contributed by atoms with Crippen LogP contribution in [0.1, 0.15) is 11.1 Å². The van der Waals surface area contributed by atoms with Gasteiger partial charge < -0.3 is 9.47 Å². The molecule has 0 saturated carbocycles. The first-order chi connectivity index (χ1) is 16.1. The van der Waals surface area contributed by atoms with Crippen molar-refractivity contribution in [3.8, 4) is 11.8 Å². The largest absolute Gasteiger partial charge is 0.418 e. The van der Waals surface area contributed by atoms with Crippen molar-refractivity contribution in [2.75, 3.05) is 10.6 Å². The highest BCUT2D eigenvalue weighted by Crippen LogP contribution is 2.17. The maximum Gasteiger partial charge on any atom is 0.418 e. The number of nitrogens with zero attached hydrogens (tertiary/aromatic N) is 2. The molecule has 0 bridgehead atoms. The molecule has 0 radical (unpaired) electrons. The summed E-state index contributed by atoms with van der Waals surface area (Å²) >= 11 is 0. The molecule has 4 rings (SSSR count). The molecule has 0 aliphatic rings. The van der Waals surface area contributed by atoms with Crippen molar-refractivity contribution >= 4 is 23.6 Å². The minimum atomic E-state index is -0.605. The highest BCUT2D eigenvalue weighted by molar-refractivity contribution is 5.86. The van der Waals surface area contributed by atoms with Crippen LogP contribution in [0.4, 0.5) is 21.0 Å². The second-order valence-corrected chi connectivity index (χ2v) is 6.94. The molecule has 0 fully saturated rings. The molecule has 33 heavy (non-hydrogen) atoms. The van der Waals surface area contributed by atoms with Gasteiger partial charge in [-0.1, -0.05) is 36.4 Å². The predicted molar refractivity (Wildman–Crippen MR) is 123 cm³/mol. The van der Waals surface area contributed by atoms with E-state index in [4.69, 9.17) is 9.47 Å². The summed E-state index contributed by atoms with van der Waals surface area (Å²) in [6.07, 6.45) is 2.58. The number of nitrogens with one attached hydrogen (secondary N) is 2. The Morgan fingerprint density at radius 1 is 0.606 bits per heavy atom. The molecule has 0 aliphatic heterocycles.